The molecular formula is C13H21NO2Si. The zero-order valence-corrected chi connectivity index (χ0v) is 12.1. The van der Waals surface area contributed by atoms with Crippen LogP contribution in [0.4, 0.5) is 5.69 Å². The Kier molecular flexibility index (Phi) is 5.22. The molecule has 17 heavy (non-hydrogen) atoms. The molecule has 0 fully saturated rings. The van der Waals surface area contributed by atoms with Crippen molar-refractivity contribution in [3.63, 3.8) is 0 Å². The highest BCUT2D eigenvalue weighted by Gasteiger charge is 2.13. The average Bonchev–Trinajstić information content (AvgIpc) is 2.30. The molecule has 0 aliphatic carbocycles. The number of rotatable bonds is 5. The molecule has 0 aromatic heterocycles. The smallest absolute Gasteiger partial charge is 0.328 e. The van der Waals surface area contributed by atoms with Crippen molar-refractivity contribution in [3.05, 3.63) is 24.3 Å². The van der Waals surface area contributed by atoms with Crippen LogP contribution in [0.5, 0.6) is 0 Å². The fraction of sp³-hybridized carbons (Fsp3) is 0.462. The molecule has 3 nitrogen and oxygen atoms in total. The Balaban J connectivity index is 2.60. The fourth-order valence-electron chi connectivity index (χ4n) is 1.54. The third-order valence-electron chi connectivity index (χ3n) is 2.60. The van der Waals surface area contributed by atoms with Crippen LogP contribution >= 0.6 is 0 Å². The second-order valence-electron chi connectivity index (χ2n) is 4.39. The lowest BCUT2D eigenvalue weighted by Crippen LogP contribution is -2.28. The lowest BCUT2D eigenvalue weighted by molar-refractivity contribution is -0.143. The lowest BCUT2D eigenvalue weighted by Gasteiger charge is -2.14. The first-order chi connectivity index (χ1) is 8.04. The van der Waals surface area contributed by atoms with Crippen LogP contribution in [0.1, 0.15) is 13.8 Å². The predicted octanol–water partition coefficient (Wildman–Crippen LogP) is 1.74. The van der Waals surface area contributed by atoms with Gasteiger partial charge in [-0.25, -0.2) is 4.79 Å². The van der Waals surface area contributed by atoms with Gasteiger partial charge in [0, 0.05) is 5.69 Å². The zero-order chi connectivity index (χ0) is 12.8. The van der Waals surface area contributed by atoms with E-state index in [1.807, 2.05) is 26.0 Å². The number of hydrogen-bond donors (Lipinski definition) is 1. The van der Waals surface area contributed by atoms with E-state index in [2.05, 4.69) is 30.5 Å². The molecule has 0 aliphatic heterocycles. The van der Waals surface area contributed by atoms with E-state index in [-0.39, 0.29) is 12.0 Å². The van der Waals surface area contributed by atoms with Gasteiger partial charge in [0.15, 0.2) is 0 Å². The second-order valence-corrected chi connectivity index (χ2v) is 7.37. The van der Waals surface area contributed by atoms with E-state index in [1.165, 1.54) is 5.19 Å². The van der Waals surface area contributed by atoms with E-state index in [9.17, 15) is 4.79 Å². The standard InChI is InChI=1S/C13H21NO2Si/c1-5-16-13(15)10(2)14-11-6-8-12(9-7-11)17(3)4/h6-10,14,17H,5H2,1-4H3. The maximum absolute atomic E-state index is 11.4. The lowest BCUT2D eigenvalue weighted by atomic mass is 10.2. The molecule has 0 radical (unpaired) electrons. The van der Waals surface area contributed by atoms with Crippen molar-refractivity contribution in [2.75, 3.05) is 11.9 Å². The minimum Gasteiger partial charge on any atom is -0.464 e. The first-order valence-corrected chi connectivity index (χ1v) is 8.96. The van der Waals surface area contributed by atoms with Crippen LogP contribution in [0.2, 0.25) is 13.1 Å². The van der Waals surface area contributed by atoms with Gasteiger partial charge < -0.3 is 10.1 Å². The summed E-state index contributed by atoms with van der Waals surface area (Å²) < 4.78 is 4.94. The Morgan fingerprint density at radius 2 is 1.94 bits per heavy atom. The molecule has 0 heterocycles. The van der Waals surface area contributed by atoms with Gasteiger partial charge in [-0.05, 0) is 26.0 Å². The van der Waals surface area contributed by atoms with Gasteiger partial charge in [-0.2, -0.15) is 0 Å². The molecule has 1 atom stereocenters. The molecule has 1 unspecified atom stereocenters. The van der Waals surface area contributed by atoms with Crippen LogP contribution in [-0.2, 0) is 9.53 Å². The maximum Gasteiger partial charge on any atom is 0.328 e. The summed E-state index contributed by atoms with van der Waals surface area (Å²) >= 11 is 0. The minimum atomic E-state index is -0.735. The summed E-state index contributed by atoms with van der Waals surface area (Å²) in [6, 6.07) is 8.02. The van der Waals surface area contributed by atoms with Crippen molar-refractivity contribution >= 4 is 25.6 Å². The van der Waals surface area contributed by atoms with Gasteiger partial charge in [0.2, 0.25) is 0 Å². The van der Waals surface area contributed by atoms with E-state index < -0.39 is 8.80 Å². The van der Waals surface area contributed by atoms with Crippen LogP contribution in [0, 0.1) is 0 Å². The number of carbonyl (C=O) groups is 1. The summed E-state index contributed by atoms with van der Waals surface area (Å²) in [7, 11) is -0.735. The van der Waals surface area contributed by atoms with E-state index in [0.717, 1.165) is 5.69 Å². The molecule has 94 valence electrons. The number of esters is 1. The Labute approximate surface area is 105 Å². The van der Waals surface area contributed by atoms with Crippen molar-refractivity contribution in [2.24, 2.45) is 0 Å². The molecule has 0 spiro atoms. The highest BCUT2D eigenvalue weighted by atomic mass is 28.3. The molecule has 1 aromatic carbocycles. The fourth-order valence-corrected chi connectivity index (χ4v) is 2.50. The van der Waals surface area contributed by atoms with Gasteiger partial charge >= 0.3 is 5.97 Å². The first-order valence-electron chi connectivity index (χ1n) is 6.07. The summed E-state index contributed by atoms with van der Waals surface area (Å²) in [5.41, 5.74) is 0.962. The highest BCUT2D eigenvalue weighted by Crippen LogP contribution is 2.07. The molecule has 4 heteroatoms. The molecular weight excluding hydrogens is 230 g/mol. The number of benzene rings is 1. The Bertz CT molecular complexity index is 362. The molecule has 0 amide bonds. The van der Waals surface area contributed by atoms with Gasteiger partial charge in [-0.1, -0.05) is 30.4 Å². The van der Waals surface area contributed by atoms with Crippen molar-refractivity contribution in [1.82, 2.24) is 0 Å². The van der Waals surface area contributed by atoms with E-state index in [4.69, 9.17) is 4.74 Å². The summed E-state index contributed by atoms with van der Waals surface area (Å²) in [6.45, 7) is 8.63. The summed E-state index contributed by atoms with van der Waals surface area (Å²) in [4.78, 5) is 11.4. The molecule has 0 aliphatic rings. The molecule has 1 rings (SSSR count). The quantitative estimate of drug-likeness (QED) is 0.640. The van der Waals surface area contributed by atoms with Crippen LogP contribution in [0.3, 0.4) is 0 Å². The van der Waals surface area contributed by atoms with E-state index >= 15 is 0 Å². The molecule has 1 N–H and O–H groups in total. The number of anilines is 1. The Morgan fingerprint density at radius 1 is 1.35 bits per heavy atom. The zero-order valence-electron chi connectivity index (χ0n) is 11.0. The SMILES string of the molecule is CCOC(=O)C(C)Nc1ccc([SiH](C)C)cc1. The third-order valence-corrected chi connectivity index (χ3v) is 4.32. The highest BCUT2D eigenvalue weighted by molar-refractivity contribution is 6.70. The average molecular weight is 251 g/mol. The molecule has 1 aromatic rings. The first kappa shape index (κ1) is 13.8. The van der Waals surface area contributed by atoms with Crippen molar-refractivity contribution < 1.29 is 9.53 Å². The van der Waals surface area contributed by atoms with Gasteiger partial charge in [0.25, 0.3) is 0 Å². The summed E-state index contributed by atoms with van der Waals surface area (Å²) in [5.74, 6) is -0.213. The monoisotopic (exact) mass is 251 g/mol. The Hall–Kier alpha value is -1.29. The van der Waals surface area contributed by atoms with Crippen LogP contribution in [0.15, 0.2) is 24.3 Å². The number of carbonyl (C=O) groups excluding carboxylic acids is 1. The summed E-state index contributed by atoms with van der Waals surface area (Å²) in [6.07, 6.45) is 0. The predicted molar refractivity (Wildman–Crippen MR) is 74.7 cm³/mol. The van der Waals surface area contributed by atoms with Crippen LogP contribution in [-0.4, -0.2) is 27.4 Å². The maximum atomic E-state index is 11.4. The van der Waals surface area contributed by atoms with Crippen molar-refractivity contribution in [2.45, 2.75) is 33.0 Å². The molecule has 0 saturated carbocycles. The largest absolute Gasteiger partial charge is 0.464 e. The van der Waals surface area contributed by atoms with Gasteiger partial charge in [0.05, 0.1) is 15.4 Å². The number of nitrogens with one attached hydrogen (secondary N) is 1. The van der Waals surface area contributed by atoms with E-state index in [1.54, 1.807) is 0 Å². The topological polar surface area (TPSA) is 38.3 Å². The van der Waals surface area contributed by atoms with Crippen LogP contribution < -0.4 is 10.5 Å². The summed E-state index contributed by atoms with van der Waals surface area (Å²) in [5, 5.41) is 4.56. The minimum absolute atomic E-state index is 0.213. The Morgan fingerprint density at radius 3 is 2.41 bits per heavy atom. The number of hydrogen-bond acceptors (Lipinski definition) is 3. The third kappa shape index (κ3) is 4.23. The van der Waals surface area contributed by atoms with Crippen molar-refractivity contribution in [1.29, 1.82) is 0 Å². The van der Waals surface area contributed by atoms with Crippen LogP contribution in [0.25, 0.3) is 0 Å². The normalized spacial score (nSPS) is 12.3. The van der Waals surface area contributed by atoms with Gasteiger partial charge in [0.1, 0.15) is 6.04 Å². The molecule has 0 saturated heterocycles. The second kappa shape index (κ2) is 6.44. The van der Waals surface area contributed by atoms with Crippen molar-refractivity contribution in [3.8, 4) is 0 Å². The van der Waals surface area contributed by atoms with Gasteiger partial charge in [-0.3, -0.25) is 0 Å². The van der Waals surface area contributed by atoms with E-state index in [0.29, 0.717) is 6.61 Å². The van der Waals surface area contributed by atoms with Gasteiger partial charge in [-0.15, -0.1) is 0 Å². The molecule has 0 bridgehead atoms. The number of ether oxygens (including phenoxy) is 1.